The second-order valence-corrected chi connectivity index (χ2v) is 7.21. The topological polar surface area (TPSA) is 81.1 Å². The molecule has 7 nitrogen and oxygen atoms in total. The third kappa shape index (κ3) is 3.07. The largest absolute Gasteiger partial charge is 0.492 e. The first-order chi connectivity index (χ1) is 12.6. The molecule has 0 saturated carbocycles. The number of nitrogens with zero attached hydrogens (tertiary/aromatic N) is 3. The number of nitrogens with one attached hydrogen (secondary N) is 2. The number of carbonyl (C=O) groups is 1. The Hall–Kier alpha value is -2.41. The summed E-state index contributed by atoms with van der Waals surface area (Å²) in [6, 6.07) is 5.57. The van der Waals surface area contributed by atoms with Crippen molar-refractivity contribution in [1.29, 1.82) is 0 Å². The van der Waals surface area contributed by atoms with E-state index in [1.165, 1.54) is 0 Å². The van der Waals surface area contributed by atoms with Gasteiger partial charge in [0.2, 0.25) is 0 Å². The number of para-hydroxylation sites is 1. The third-order valence-electron chi connectivity index (χ3n) is 5.08. The van der Waals surface area contributed by atoms with Crippen LogP contribution in [0.5, 0.6) is 5.75 Å². The molecule has 2 aliphatic heterocycles. The quantitative estimate of drug-likeness (QED) is 0.868. The number of aromatic nitrogens is 3. The molecule has 138 valence electrons. The Labute approximate surface area is 153 Å². The Kier molecular flexibility index (Phi) is 4.63. The molecule has 1 aromatic heterocycles. The molecular formula is C19H25N5O2. The van der Waals surface area contributed by atoms with E-state index in [0.29, 0.717) is 12.2 Å². The first kappa shape index (κ1) is 17.0. The molecule has 26 heavy (non-hydrogen) atoms. The van der Waals surface area contributed by atoms with Crippen LogP contribution in [-0.2, 0) is 19.4 Å². The van der Waals surface area contributed by atoms with Gasteiger partial charge in [-0.25, -0.2) is 0 Å². The second-order valence-electron chi connectivity index (χ2n) is 7.21. The van der Waals surface area contributed by atoms with Crippen molar-refractivity contribution in [2.75, 3.05) is 19.7 Å². The van der Waals surface area contributed by atoms with Crippen molar-refractivity contribution in [2.24, 2.45) is 5.92 Å². The molecule has 2 aromatic rings. The fourth-order valence-electron chi connectivity index (χ4n) is 3.67. The molecule has 2 aliphatic rings. The first-order valence-electron chi connectivity index (χ1n) is 9.33. The lowest BCUT2D eigenvalue weighted by Crippen LogP contribution is -2.34. The Bertz CT molecular complexity index is 814. The van der Waals surface area contributed by atoms with Crippen molar-refractivity contribution in [3.8, 4) is 5.75 Å². The van der Waals surface area contributed by atoms with Gasteiger partial charge in [0.05, 0.1) is 18.2 Å². The molecule has 0 bridgehead atoms. The van der Waals surface area contributed by atoms with Crippen LogP contribution in [-0.4, -0.2) is 40.4 Å². The van der Waals surface area contributed by atoms with Crippen LogP contribution in [0.15, 0.2) is 18.2 Å². The molecule has 0 saturated heterocycles. The number of rotatable bonds is 4. The number of amides is 1. The van der Waals surface area contributed by atoms with Gasteiger partial charge in [-0.05, 0) is 17.5 Å². The second kappa shape index (κ2) is 7.07. The van der Waals surface area contributed by atoms with Crippen LogP contribution in [0.1, 0.15) is 47.5 Å². The van der Waals surface area contributed by atoms with E-state index in [0.717, 1.165) is 55.4 Å². The molecule has 3 heterocycles. The summed E-state index contributed by atoms with van der Waals surface area (Å²) in [4.78, 5) is 13.0. The average Bonchev–Trinajstić information content (AvgIpc) is 3.20. The zero-order valence-electron chi connectivity index (χ0n) is 15.3. The lowest BCUT2D eigenvalue weighted by molar-refractivity contribution is 0.0918. The Morgan fingerprint density at radius 3 is 3.00 bits per heavy atom. The van der Waals surface area contributed by atoms with Gasteiger partial charge in [0.25, 0.3) is 5.91 Å². The fraction of sp³-hybridized carbons (Fsp3) is 0.526. The molecule has 2 N–H and O–H groups in total. The molecule has 1 aromatic carbocycles. The maximum atomic E-state index is 13.0. The molecule has 0 aliphatic carbocycles. The van der Waals surface area contributed by atoms with E-state index >= 15 is 0 Å². The third-order valence-corrected chi connectivity index (χ3v) is 5.08. The maximum absolute atomic E-state index is 13.0. The van der Waals surface area contributed by atoms with Crippen LogP contribution in [0, 0.1) is 5.92 Å². The lowest BCUT2D eigenvalue weighted by atomic mass is 10.0. The number of benzene rings is 1. The van der Waals surface area contributed by atoms with E-state index in [-0.39, 0.29) is 17.9 Å². The normalized spacial score (nSPS) is 17.2. The van der Waals surface area contributed by atoms with Gasteiger partial charge in [-0.3, -0.25) is 4.79 Å². The molecule has 0 spiro atoms. The van der Waals surface area contributed by atoms with Crippen molar-refractivity contribution < 1.29 is 9.53 Å². The summed E-state index contributed by atoms with van der Waals surface area (Å²) >= 11 is 0. The van der Waals surface area contributed by atoms with E-state index in [1.807, 2.05) is 18.2 Å². The SMILES string of the molecule is CC(C)[C@@H](NC(=O)c1cccc2c1OCC2)c1nnc2n1CCNCC2. The van der Waals surface area contributed by atoms with E-state index in [2.05, 4.69) is 39.2 Å². The maximum Gasteiger partial charge on any atom is 0.255 e. The highest BCUT2D eigenvalue weighted by atomic mass is 16.5. The molecule has 7 heteroatoms. The van der Waals surface area contributed by atoms with Crippen molar-refractivity contribution in [2.45, 2.75) is 39.3 Å². The van der Waals surface area contributed by atoms with Crippen LogP contribution >= 0.6 is 0 Å². The van der Waals surface area contributed by atoms with Crippen LogP contribution in [0.25, 0.3) is 0 Å². The minimum Gasteiger partial charge on any atom is -0.492 e. The molecule has 0 fully saturated rings. The zero-order chi connectivity index (χ0) is 18.1. The Morgan fingerprint density at radius 2 is 2.15 bits per heavy atom. The molecule has 1 atom stereocenters. The molecule has 0 radical (unpaired) electrons. The molecule has 0 unspecified atom stereocenters. The minimum absolute atomic E-state index is 0.119. The summed E-state index contributed by atoms with van der Waals surface area (Å²) in [6.07, 6.45) is 1.71. The highest BCUT2D eigenvalue weighted by Crippen LogP contribution is 2.30. The van der Waals surface area contributed by atoms with Crippen LogP contribution in [0.3, 0.4) is 0 Å². The van der Waals surface area contributed by atoms with Crippen LogP contribution in [0.2, 0.25) is 0 Å². The van der Waals surface area contributed by atoms with E-state index in [1.54, 1.807) is 0 Å². The highest BCUT2D eigenvalue weighted by molar-refractivity contribution is 5.97. The summed E-state index contributed by atoms with van der Waals surface area (Å²) in [7, 11) is 0. The summed E-state index contributed by atoms with van der Waals surface area (Å²) in [5.41, 5.74) is 1.70. The minimum atomic E-state index is -0.195. The molecule has 4 rings (SSSR count). The summed E-state index contributed by atoms with van der Waals surface area (Å²) in [5.74, 6) is 2.61. The predicted octanol–water partition coefficient (Wildman–Crippen LogP) is 1.49. The van der Waals surface area contributed by atoms with Crippen molar-refractivity contribution in [3.63, 3.8) is 0 Å². The monoisotopic (exact) mass is 355 g/mol. The lowest BCUT2D eigenvalue weighted by Gasteiger charge is -2.23. The smallest absolute Gasteiger partial charge is 0.255 e. The van der Waals surface area contributed by atoms with Crippen molar-refractivity contribution in [1.82, 2.24) is 25.4 Å². The molecular weight excluding hydrogens is 330 g/mol. The van der Waals surface area contributed by atoms with Gasteiger partial charge in [0.1, 0.15) is 11.6 Å². The van der Waals surface area contributed by atoms with Crippen LogP contribution < -0.4 is 15.4 Å². The van der Waals surface area contributed by atoms with Crippen LogP contribution in [0.4, 0.5) is 0 Å². The number of ether oxygens (including phenoxy) is 1. The number of fused-ring (bicyclic) bond motifs is 2. The van der Waals surface area contributed by atoms with Gasteiger partial charge in [-0.2, -0.15) is 0 Å². The Balaban J connectivity index is 1.62. The van der Waals surface area contributed by atoms with Gasteiger partial charge in [0, 0.05) is 32.5 Å². The highest BCUT2D eigenvalue weighted by Gasteiger charge is 2.28. The van der Waals surface area contributed by atoms with Gasteiger partial charge in [-0.15, -0.1) is 10.2 Å². The van der Waals surface area contributed by atoms with E-state index in [9.17, 15) is 4.79 Å². The van der Waals surface area contributed by atoms with E-state index in [4.69, 9.17) is 4.74 Å². The predicted molar refractivity (Wildman–Crippen MR) is 97.3 cm³/mol. The summed E-state index contributed by atoms with van der Waals surface area (Å²) in [5, 5.41) is 15.3. The fourth-order valence-corrected chi connectivity index (χ4v) is 3.67. The van der Waals surface area contributed by atoms with Gasteiger partial charge in [0.15, 0.2) is 5.82 Å². The number of carbonyl (C=O) groups excluding carboxylic acids is 1. The number of hydrogen-bond acceptors (Lipinski definition) is 5. The van der Waals surface area contributed by atoms with Crippen molar-refractivity contribution in [3.05, 3.63) is 41.0 Å². The zero-order valence-corrected chi connectivity index (χ0v) is 15.3. The van der Waals surface area contributed by atoms with Gasteiger partial charge < -0.3 is 19.9 Å². The standard InChI is InChI=1S/C19H25N5O2/c1-12(2)16(18-23-22-15-6-8-20-9-10-24(15)18)21-19(25)14-5-3-4-13-7-11-26-17(13)14/h3-5,12,16,20H,6-11H2,1-2H3,(H,21,25)/t16-/m1/s1. The Morgan fingerprint density at radius 1 is 1.27 bits per heavy atom. The first-order valence-corrected chi connectivity index (χ1v) is 9.33. The van der Waals surface area contributed by atoms with Crippen molar-refractivity contribution >= 4 is 5.91 Å². The summed E-state index contributed by atoms with van der Waals surface area (Å²) < 4.78 is 7.84. The average molecular weight is 355 g/mol. The summed E-state index contributed by atoms with van der Waals surface area (Å²) in [6.45, 7) is 7.43. The molecule has 1 amide bonds. The van der Waals surface area contributed by atoms with Gasteiger partial charge in [-0.1, -0.05) is 26.0 Å². The van der Waals surface area contributed by atoms with Gasteiger partial charge >= 0.3 is 0 Å². The number of hydrogen-bond donors (Lipinski definition) is 2. The van der Waals surface area contributed by atoms with E-state index < -0.39 is 0 Å².